The number of allylic oxidation sites excluding steroid dienone is 2. The molecule has 1 aliphatic carbocycles. The van der Waals surface area contributed by atoms with Gasteiger partial charge in [0, 0.05) is 5.92 Å². The van der Waals surface area contributed by atoms with E-state index >= 15 is 0 Å². The minimum atomic E-state index is -3.87. The minimum Gasteiger partial charge on any atom is -0.468 e. The SMILES string of the molecule is COC(=O)[C@H](CC1CC=CC1=O)NS(=O)(=O)c1ccc(C)cc1. The molecule has 7 heteroatoms. The van der Waals surface area contributed by atoms with E-state index in [0.717, 1.165) is 5.56 Å². The minimum absolute atomic E-state index is 0.0628. The number of nitrogens with one attached hydrogen (secondary N) is 1. The molecule has 1 N–H and O–H groups in total. The Morgan fingerprint density at radius 2 is 2.00 bits per heavy atom. The number of ether oxygens (including phenoxy) is 1. The summed E-state index contributed by atoms with van der Waals surface area (Å²) in [5.74, 6) is -1.21. The average Bonchev–Trinajstić information content (AvgIpc) is 2.91. The van der Waals surface area contributed by atoms with Crippen molar-refractivity contribution in [3.05, 3.63) is 42.0 Å². The standard InChI is InChI=1S/C16H19NO5S/c1-11-6-8-13(9-7-11)23(20,21)17-14(16(19)22-2)10-12-4-3-5-15(12)18/h3,5-9,12,14,17H,4,10H2,1-2H3/t12?,14-/m0/s1. The molecule has 0 spiro atoms. The molecule has 0 aliphatic heterocycles. The number of rotatable bonds is 6. The lowest BCUT2D eigenvalue weighted by atomic mass is 9.97. The number of sulfonamides is 1. The Morgan fingerprint density at radius 3 is 2.52 bits per heavy atom. The van der Waals surface area contributed by atoms with Crippen molar-refractivity contribution in [3.63, 3.8) is 0 Å². The highest BCUT2D eigenvalue weighted by molar-refractivity contribution is 7.89. The van der Waals surface area contributed by atoms with E-state index in [1.807, 2.05) is 6.92 Å². The van der Waals surface area contributed by atoms with Crippen molar-refractivity contribution in [1.82, 2.24) is 4.72 Å². The van der Waals surface area contributed by atoms with E-state index in [0.29, 0.717) is 6.42 Å². The lowest BCUT2D eigenvalue weighted by Crippen LogP contribution is -2.43. The summed E-state index contributed by atoms with van der Waals surface area (Å²) in [4.78, 5) is 23.6. The summed E-state index contributed by atoms with van der Waals surface area (Å²) < 4.78 is 31.8. The third-order valence-corrected chi connectivity index (χ3v) is 5.23. The first-order valence-electron chi connectivity index (χ1n) is 7.20. The molecule has 0 heterocycles. The lowest BCUT2D eigenvalue weighted by molar-refractivity contribution is -0.143. The fourth-order valence-corrected chi connectivity index (χ4v) is 3.60. The molecule has 2 atom stereocenters. The summed E-state index contributed by atoms with van der Waals surface area (Å²) in [6, 6.07) is 5.18. The van der Waals surface area contributed by atoms with E-state index in [2.05, 4.69) is 9.46 Å². The maximum absolute atomic E-state index is 12.4. The number of aryl methyl sites for hydroxylation is 1. The lowest BCUT2D eigenvalue weighted by Gasteiger charge is -2.19. The molecule has 0 saturated carbocycles. The van der Waals surface area contributed by atoms with E-state index in [4.69, 9.17) is 0 Å². The fourth-order valence-electron chi connectivity index (χ4n) is 2.41. The van der Waals surface area contributed by atoms with Gasteiger partial charge in [0.25, 0.3) is 0 Å². The summed E-state index contributed by atoms with van der Waals surface area (Å²) in [7, 11) is -2.69. The van der Waals surface area contributed by atoms with Crippen LogP contribution < -0.4 is 4.72 Å². The zero-order chi connectivity index (χ0) is 17.0. The average molecular weight is 337 g/mol. The first-order chi connectivity index (χ1) is 10.8. The van der Waals surface area contributed by atoms with Crippen molar-refractivity contribution in [2.75, 3.05) is 7.11 Å². The molecular formula is C16H19NO5S. The van der Waals surface area contributed by atoms with Gasteiger partial charge in [0.05, 0.1) is 12.0 Å². The second kappa shape index (κ2) is 7.06. The summed E-state index contributed by atoms with van der Waals surface area (Å²) in [6.45, 7) is 1.85. The van der Waals surface area contributed by atoms with Crippen molar-refractivity contribution in [1.29, 1.82) is 0 Å². The molecule has 124 valence electrons. The van der Waals surface area contributed by atoms with Gasteiger partial charge in [-0.25, -0.2) is 8.42 Å². The Hall–Kier alpha value is -1.99. The quantitative estimate of drug-likeness (QED) is 0.792. The molecule has 23 heavy (non-hydrogen) atoms. The first-order valence-corrected chi connectivity index (χ1v) is 8.69. The van der Waals surface area contributed by atoms with Gasteiger partial charge in [-0.1, -0.05) is 23.8 Å². The van der Waals surface area contributed by atoms with Crippen molar-refractivity contribution < 1.29 is 22.7 Å². The maximum atomic E-state index is 12.4. The van der Waals surface area contributed by atoms with Crippen LogP contribution in [0.3, 0.4) is 0 Å². The number of carbonyl (C=O) groups excluding carboxylic acids is 2. The smallest absolute Gasteiger partial charge is 0.323 e. The largest absolute Gasteiger partial charge is 0.468 e. The van der Waals surface area contributed by atoms with Gasteiger partial charge >= 0.3 is 5.97 Å². The van der Waals surface area contributed by atoms with Crippen LogP contribution in [0.15, 0.2) is 41.3 Å². The monoisotopic (exact) mass is 337 g/mol. The summed E-state index contributed by atoms with van der Waals surface area (Å²) in [5.41, 5.74) is 0.927. The highest BCUT2D eigenvalue weighted by atomic mass is 32.2. The highest BCUT2D eigenvalue weighted by Gasteiger charge is 2.32. The van der Waals surface area contributed by atoms with Crippen LogP contribution in [-0.4, -0.2) is 33.3 Å². The maximum Gasteiger partial charge on any atom is 0.323 e. The molecule has 6 nitrogen and oxygen atoms in total. The molecule has 0 amide bonds. The molecule has 0 radical (unpaired) electrons. The molecule has 0 aromatic heterocycles. The number of methoxy groups -OCH3 is 1. The summed E-state index contributed by atoms with van der Waals surface area (Å²) in [6.07, 6.45) is 3.74. The number of hydrogen-bond acceptors (Lipinski definition) is 5. The molecule has 1 aromatic carbocycles. The topological polar surface area (TPSA) is 89.5 Å². The zero-order valence-corrected chi connectivity index (χ0v) is 13.8. The Kier molecular flexibility index (Phi) is 5.33. The van der Waals surface area contributed by atoms with E-state index < -0.39 is 28.0 Å². The number of hydrogen-bond donors (Lipinski definition) is 1. The summed E-state index contributed by atoms with van der Waals surface area (Å²) in [5, 5.41) is 0. The van der Waals surface area contributed by atoms with Gasteiger partial charge in [0.1, 0.15) is 6.04 Å². The Labute approximate surface area is 135 Å². The van der Waals surface area contributed by atoms with Crippen LogP contribution in [-0.2, 0) is 24.3 Å². The predicted octanol–water partition coefficient (Wildman–Crippen LogP) is 1.35. The predicted molar refractivity (Wildman–Crippen MR) is 84.2 cm³/mol. The molecule has 1 unspecified atom stereocenters. The van der Waals surface area contributed by atoms with Crippen molar-refractivity contribution >= 4 is 21.8 Å². The second-order valence-corrected chi connectivity index (χ2v) is 7.20. The first kappa shape index (κ1) is 17.4. The Morgan fingerprint density at radius 1 is 1.35 bits per heavy atom. The highest BCUT2D eigenvalue weighted by Crippen LogP contribution is 2.21. The Bertz CT molecular complexity index is 721. The number of carbonyl (C=O) groups is 2. The number of benzene rings is 1. The van der Waals surface area contributed by atoms with Gasteiger partial charge in [-0.05, 0) is 38.0 Å². The molecule has 0 fully saturated rings. The molecule has 1 aromatic rings. The van der Waals surface area contributed by atoms with Crippen molar-refractivity contribution in [2.24, 2.45) is 5.92 Å². The molecule has 0 saturated heterocycles. The van der Waals surface area contributed by atoms with Crippen molar-refractivity contribution in [2.45, 2.75) is 30.7 Å². The van der Waals surface area contributed by atoms with Gasteiger partial charge in [-0.15, -0.1) is 0 Å². The van der Waals surface area contributed by atoms with Gasteiger partial charge in [-0.2, -0.15) is 4.72 Å². The number of esters is 1. The van der Waals surface area contributed by atoms with Gasteiger partial charge in [0.2, 0.25) is 10.0 Å². The van der Waals surface area contributed by atoms with Crippen LogP contribution in [0.25, 0.3) is 0 Å². The van der Waals surface area contributed by atoms with E-state index in [1.54, 1.807) is 18.2 Å². The van der Waals surface area contributed by atoms with E-state index in [-0.39, 0.29) is 17.1 Å². The number of ketones is 1. The third-order valence-electron chi connectivity index (χ3n) is 3.74. The van der Waals surface area contributed by atoms with Gasteiger partial charge in [-0.3, -0.25) is 9.59 Å². The molecule has 1 aliphatic rings. The summed E-state index contributed by atoms with van der Waals surface area (Å²) >= 11 is 0. The van der Waals surface area contributed by atoms with Crippen LogP contribution in [0.2, 0.25) is 0 Å². The normalized spacial score (nSPS) is 18.9. The van der Waals surface area contributed by atoms with Crippen LogP contribution in [0.4, 0.5) is 0 Å². The van der Waals surface area contributed by atoms with Crippen LogP contribution in [0.1, 0.15) is 18.4 Å². The van der Waals surface area contributed by atoms with Gasteiger partial charge < -0.3 is 4.74 Å². The van der Waals surface area contributed by atoms with Gasteiger partial charge in [0.15, 0.2) is 5.78 Å². The molecular weight excluding hydrogens is 318 g/mol. The van der Waals surface area contributed by atoms with Crippen LogP contribution in [0, 0.1) is 12.8 Å². The van der Waals surface area contributed by atoms with Crippen molar-refractivity contribution in [3.8, 4) is 0 Å². The Balaban J connectivity index is 2.17. The fraction of sp³-hybridized carbons (Fsp3) is 0.375. The van der Waals surface area contributed by atoms with Crippen LogP contribution in [0.5, 0.6) is 0 Å². The third kappa shape index (κ3) is 4.27. The van der Waals surface area contributed by atoms with E-state index in [1.165, 1.54) is 25.3 Å². The zero-order valence-electron chi connectivity index (χ0n) is 13.0. The second-order valence-electron chi connectivity index (χ2n) is 5.48. The molecule has 2 rings (SSSR count). The molecule has 0 bridgehead atoms. The van der Waals surface area contributed by atoms with E-state index in [9.17, 15) is 18.0 Å². The van der Waals surface area contributed by atoms with Crippen LogP contribution >= 0.6 is 0 Å².